The predicted octanol–water partition coefficient (Wildman–Crippen LogP) is 4.10. The second-order valence-electron chi connectivity index (χ2n) is 5.04. The van der Waals surface area contributed by atoms with Crippen LogP contribution in [0.25, 0.3) is 5.70 Å². The van der Waals surface area contributed by atoms with E-state index in [1.165, 1.54) is 0 Å². The van der Waals surface area contributed by atoms with E-state index in [1.807, 2.05) is 63.3 Å². The van der Waals surface area contributed by atoms with Crippen LogP contribution in [0.4, 0.5) is 0 Å². The number of alkyl halides is 1. The Morgan fingerprint density at radius 2 is 1.95 bits per heavy atom. The van der Waals surface area contributed by atoms with E-state index in [0.29, 0.717) is 19.8 Å². The molecule has 0 heterocycles. The molecule has 1 rings (SSSR count). The first-order chi connectivity index (χ1) is 10.6. The van der Waals surface area contributed by atoms with Gasteiger partial charge in [0.1, 0.15) is 5.88 Å². The first-order valence-electron chi connectivity index (χ1n) is 7.40. The zero-order valence-corrected chi connectivity index (χ0v) is 14.3. The summed E-state index contributed by atoms with van der Waals surface area (Å²) in [6.45, 7) is 7.45. The van der Waals surface area contributed by atoms with Gasteiger partial charge in [0.2, 0.25) is 5.91 Å². The average Bonchev–Trinajstić information content (AvgIpc) is 2.53. The summed E-state index contributed by atoms with van der Waals surface area (Å²) >= 11 is 5.78. The van der Waals surface area contributed by atoms with Gasteiger partial charge >= 0.3 is 0 Å². The zero-order valence-electron chi connectivity index (χ0n) is 13.5. The molecule has 3 nitrogen and oxygen atoms in total. The maximum atomic E-state index is 12.2. The molecule has 0 fully saturated rings. The van der Waals surface area contributed by atoms with E-state index < -0.39 is 0 Å². The van der Waals surface area contributed by atoms with Crippen LogP contribution in [0.15, 0.2) is 48.1 Å². The van der Waals surface area contributed by atoms with Crippen molar-refractivity contribution >= 4 is 23.2 Å². The molecule has 0 N–H and O–H groups in total. The third-order valence-corrected chi connectivity index (χ3v) is 3.34. The summed E-state index contributed by atoms with van der Waals surface area (Å²) < 4.78 is 5.52. The van der Waals surface area contributed by atoms with Crippen molar-refractivity contribution in [1.82, 2.24) is 4.90 Å². The van der Waals surface area contributed by atoms with Crippen molar-refractivity contribution in [3.8, 4) is 0 Å². The highest BCUT2D eigenvalue weighted by Crippen LogP contribution is 2.23. The van der Waals surface area contributed by atoms with E-state index in [2.05, 4.69) is 0 Å². The monoisotopic (exact) mass is 321 g/mol. The highest BCUT2D eigenvalue weighted by Gasteiger charge is 2.19. The molecule has 0 atom stereocenters. The summed E-state index contributed by atoms with van der Waals surface area (Å²) in [5, 5.41) is 0. The van der Waals surface area contributed by atoms with Gasteiger partial charge in [-0.1, -0.05) is 48.1 Å². The molecule has 0 aliphatic carbocycles. The van der Waals surface area contributed by atoms with Crippen molar-refractivity contribution in [2.45, 2.75) is 20.8 Å². The van der Waals surface area contributed by atoms with Gasteiger partial charge in [-0.2, -0.15) is 0 Å². The molecule has 0 aliphatic rings. The Morgan fingerprint density at radius 1 is 1.27 bits per heavy atom. The number of nitrogens with zero attached hydrogens (tertiary/aromatic N) is 1. The van der Waals surface area contributed by atoms with Gasteiger partial charge < -0.3 is 9.64 Å². The highest BCUT2D eigenvalue weighted by atomic mass is 35.5. The molecule has 22 heavy (non-hydrogen) atoms. The number of carbonyl (C=O) groups excluding carboxylic acids is 1. The van der Waals surface area contributed by atoms with Crippen molar-refractivity contribution in [2.24, 2.45) is 0 Å². The molecule has 1 aromatic carbocycles. The van der Waals surface area contributed by atoms with Gasteiger partial charge in [0, 0.05) is 12.2 Å². The van der Waals surface area contributed by atoms with E-state index in [0.717, 1.165) is 16.8 Å². The number of benzene rings is 1. The lowest BCUT2D eigenvalue weighted by Gasteiger charge is -2.26. The number of allylic oxidation sites excluding steroid dienone is 2. The van der Waals surface area contributed by atoms with Crippen LogP contribution >= 0.6 is 11.6 Å². The molecule has 0 aliphatic heterocycles. The van der Waals surface area contributed by atoms with Crippen LogP contribution < -0.4 is 0 Å². The number of hydrogen-bond donors (Lipinski definition) is 0. The number of ether oxygens (including phenoxy) is 1. The van der Waals surface area contributed by atoms with Crippen LogP contribution in [0.3, 0.4) is 0 Å². The van der Waals surface area contributed by atoms with Crippen LogP contribution in [-0.2, 0) is 9.53 Å². The number of carbonyl (C=O) groups is 1. The van der Waals surface area contributed by atoms with Gasteiger partial charge in [-0.05, 0) is 26.3 Å². The van der Waals surface area contributed by atoms with E-state index in [1.54, 1.807) is 4.90 Å². The van der Waals surface area contributed by atoms with E-state index >= 15 is 0 Å². The number of amides is 1. The van der Waals surface area contributed by atoms with Crippen LogP contribution in [0.1, 0.15) is 26.3 Å². The smallest absolute Gasteiger partial charge is 0.242 e. The summed E-state index contributed by atoms with van der Waals surface area (Å²) in [5.74, 6) is -0.158. The summed E-state index contributed by atoms with van der Waals surface area (Å²) in [5.41, 5.74) is 2.98. The molecular weight excluding hydrogens is 298 g/mol. The third kappa shape index (κ3) is 5.66. The second kappa shape index (κ2) is 10.2. The van der Waals surface area contributed by atoms with Crippen molar-refractivity contribution in [1.29, 1.82) is 0 Å². The fourth-order valence-corrected chi connectivity index (χ4v) is 2.29. The normalized spacial score (nSPS) is 10.7. The topological polar surface area (TPSA) is 29.5 Å². The third-order valence-electron chi connectivity index (χ3n) is 3.12. The van der Waals surface area contributed by atoms with Gasteiger partial charge in [-0.15, -0.1) is 11.6 Å². The Hall–Kier alpha value is -1.58. The average molecular weight is 322 g/mol. The van der Waals surface area contributed by atoms with Crippen molar-refractivity contribution in [3.63, 3.8) is 0 Å². The lowest BCUT2D eigenvalue weighted by Crippen LogP contribution is -2.34. The summed E-state index contributed by atoms with van der Waals surface area (Å²) in [6, 6.07) is 9.88. The summed E-state index contributed by atoms with van der Waals surface area (Å²) in [7, 11) is 0. The Bertz CT molecular complexity index is 519. The molecule has 0 unspecified atom stereocenters. The van der Waals surface area contributed by atoms with E-state index in [4.69, 9.17) is 16.3 Å². The highest BCUT2D eigenvalue weighted by molar-refractivity contribution is 6.27. The lowest BCUT2D eigenvalue weighted by molar-refractivity contribution is -0.125. The molecule has 1 amide bonds. The van der Waals surface area contributed by atoms with Crippen molar-refractivity contribution < 1.29 is 9.53 Å². The Balaban J connectivity index is 2.93. The Labute approximate surface area is 138 Å². The van der Waals surface area contributed by atoms with Gasteiger partial charge in [0.15, 0.2) is 0 Å². The second-order valence-corrected chi connectivity index (χ2v) is 5.30. The molecule has 0 radical (unpaired) electrons. The SMILES string of the molecule is C/C=C/COCCN(C(=O)CCl)C(=C(C)C)c1ccccc1. The van der Waals surface area contributed by atoms with Crippen LogP contribution in [0, 0.1) is 0 Å². The molecule has 120 valence electrons. The molecule has 0 spiro atoms. The molecule has 0 saturated heterocycles. The predicted molar refractivity (Wildman–Crippen MR) is 92.8 cm³/mol. The number of rotatable bonds is 8. The van der Waals surface area contributed by atoms with Gasteiger partial charge in [0.05, 0.1) is 13.2 Å². The first-order valence-corrected chi connectivity index (χ1v) is 7.93. The van der Waals surface area contributed by atoms with E-state index in [-0.39, 0.29) is 11.8 Å². The maximum Gasteiger partial charge on any atom is 0.242 e. The summed E-state index contributed by atoms with van der Waals surface area (Å²) in [6.07, 6.45) is 3.87. The molecule has 0 aromatic heterocycles. The molecule has 0 bridgehead atoms. The lowest BCUT2D eigenvalue weighted by atomic mass is 10.1. The van der Waals surface area contributed by atoms with E-state index in [9.17, 15) is 4.79 Å². The maximum absolute atomic E-state index is 12.2. The van der Waals surface area contributed by atoms with Gasteiger partial charge in [0.25, 0.3) is 0 Å². The quantitative estimate of drug-likeness (QED) is 0.410. The Morgan fingerprint density at radius 3 is 2.50 bits per heavy atom. The Kier molecular flexibility index (Phi) is 8.56. The van der Waals surface area contributed by atoms with Crippen molar-refractivity contribution in [2.75, 3.05) is 25.6 Å². The molecular formula is C18H24ClNO2. The van der Waals surface area contributed by atoms with Crippen molar-refractivity contribution in [3.05, 3.63) is 53.6 Å². The molecule has 0 saturated carbocycles. The summed E-state index contributed by atoms with van der Waals surface area (Å²) in [4.78, 5) is 14.0. The minimum atomic E-state index is -0.114. The number of hydrogen-bond acceptors (Lipinski definition) is 2. The minimum Gasteiger partial charge on any atom is -0.376 e. The first kappa shape index (κ1) is 18.5. The molecule has 4 heteroatoms. The number of halogens is 1. The van der Waals surface area contributed by atoms with Gasteiger partial charge in [-0.25, -0.2) is 0 Å². The fraction of sp³-hybridized carbons (Fsp3) is 0.389. The fourth-order valence-electron chi connectivity index (χ4n) is 2.15. The molecule has 1 aromatic rings. The minimum absolute atomic E-state index is 0.0432. The van der Waals surface area contributed by atoms with Crippen LogP contribution in [0.2, 0.25) is 0 Å². The van der Waals surface area contributed by atoms with Crippen LogP contribution in [0.5, 0.6) is 0 Å². The standard InChI is InChI=1S/C18H24ClNO2/c1-4-5-12-22-13-11-20(17(21)14-19)18(15(2)3)16-9-7-6-8-10-16/h4-10H,11-14H2,1-3H3/b5-4+. The zero-order chi connectivity index (χ0) is 16.4. The largest absolute Gasteiger partial charge is 0.376 e. The van der Waals surface area contributed by atoms with Gasteiger partial charge in [-0.3, -0.25) is 4.79 Å². The van der Waals surface area contributed by atoms with Crippen LogP contribution in [-0.4, -0.2) is 36.4 Å².